The summed E-state index contributed by atoms with van der Waals surface area (Å²) in [4.78, 5) is 18.8. The van der Waals surface area contributed by atoms with Crippen molar-refractivity contribution in [3.63, 3.8) is 0 Å². The first-order valence-electron chi connectivity index (χ1n) is 9.43. The van der Waals surface area contributed by atoms with Crippen molar-refractivity contribution < 1.29 is 4.79 Å². The molecule has 1 aliphatic rings. The molecule has 0 aliphatic carbocycles. The summed E-state index contributed by atoms with van der Waals surface area (Å²) in [7, 11) is 2.14. The van der Waals surface area contributed by atoms with Crippen LogP contribution in [0.15, 0.2) is 54.7 Å². The van der Waals surface area contributed by atoms with Gasteiger partial charge in [0.2, 0.25) is 0 Å². The Bertz CT molecular complexity index is 960. The Hall–Kier alpha value is -3.19. The van der Waals surface area contributed by atoms with Gasteiger partial charge in [-0.2, -0.15) is 9.90 Å². The average molecular weight is 376 g/mol. The summed E-state index contributed by atoms with van der Waals surface area (Å²) >= 11 is 0. The number of amides is 1. The van der Waals surface area contributed by atoms with Crippen molar-refractivity contribution in [1.29, 1.82) is 0 Å². The molecule has 1 amide bonds. The molecule has 28 heavy (non-hydrogen) atoms. The number of nitrogens with zero attached hydrogens (tertiary/aromatic N) is 5. The van der Waals surface area contributed by atoms with Gasteiger partial charge in [-0.25, -0.2) is 0 Å². The molecule has 1 fully saturated rings. The Morgan fingerprint density at radius 3 is 2.50 bits per heavy atom. The predicted molar refractivity (Wildman–Crippen MR) is 110 cm³/mol. The van der Waals surface area contributed by atoms with Crippen molar-refractivity contribution >= 4 is 17.3 Å². The molecular formula is C21H24N6O. The van der Waals surface area contributed by atoms with Gasteiger partial charge in [-0.1, -0.05) is 18.2 Å². The van der Waals surface area contributed by atoms with Gasteiger partial charge < -0.3 is 15.1 Å². The third-order valence-corrected chi connectivity index (χ3v) is 4.90. The molecule has 3 aromatic rings. The maximum atomic E-state index is 12.7. The zero-order valence-corrected chi connectivity index (χ0v) is 16.2. The van der Waals surface area contributed by atoms with Gasteiger partial charge in [0, 0.05) is 37.6 Å². The van der Waals surface area contributed by atoms with E-state index in [-0.39, 0.29) is 11.6 Å². The molecular weight excluding hydrogens is 352 g/mol. The topological polar surface area (TPSA) is 66.3 Å². The number of benzene rings is 2. The molecule has 1 saturated heterocycles. The Kier molecular flexibility index (Phi) is 5.08. The molecule has 1 N–H and O–H groups in total. The van der Waals surface area contributed by atoms with Crippen LogP contribution in [0.2, 0.25) is 0 Å². The van der Waals surface area contributed by atoms with Crippen LogP contribution in [0.3, 0.4) is 0 Å². The van der Waals surface area contributed by atoms with Crippen LogP contribution in [0.4, 0.5) is 11.4 Å². The normalized spacial score (nSPS) is 14.9. The smallest absolute Gasteiger partial charge is 0.277 e. The maximum absolute atomic E-state index is 12.7. The summed E-state index contributed by atoms with van der Waals surface area (Å²) in [5.41, 5.74) is 4.12. The quantitative estimate of drug-likeness (QED) is 0.758. The van der Waals surface area contributed by atoms with E-state index in [9.17, 15) is 4.79 Å². The number of aryl methyl sites for hydroxylation is 1. The zero-order chi connectivity index (χ0) is 19.5. The Labute approximate surface area is 164 Å². The fourth-order valence-electron chi connectivity index (χ4n) is 3.33. The number of rotatable bonds is 4. The minimum absolute atomic E-state index is 0.267. The molecule has 144 valence electrons. The number of likely N-dealkylation sites (N-methyl/N-ethyl adjacent to an activating group) is 1. The van der Waals surface area contributed by atoms with Crippen LogP contribution in [0.5, 0.6) is 0 Å². The Balaban J connectivity index is 1.49. The highest BCUT2D eigenvalue weighted by molar-refractivity contribution is 6.02. The fourth-order valence-corrected chi connectivity index (χ4v) is 3.33. The summed E-state index contributed by atoms with van der Waals surface area (Å²) < 4.78 is 0. The minimum atomic E-state index is -0.267. The monoisotopic (exact) mass is 376 g/mol. The van der Waals surface area contributed by atoms with Crippen molar-refractivity contribution in [2.24, 2.45) is 0 Å². The number of hydrogen-bond acceptors (Lipinski definition) is 5. The molecule has 1 aromatic heterocycles. The van der Waals surface area contributed by atoms with Crippen LogP contribution < -0.4 is 10.2 Å². The van der Waals surface area contributed by atoms with E-state index in [1.165, 1.54) is 11.0 Å². The average Bonchev–Trinajstić information content (AvgIpc) is 3.19. The summed E-state index contributed by atoms with van der Waals surface area (Å²) in [5.74, 6) is -0.267. The van der Waals surface area contributed by atoms with Crippen LogP contribution in [0.25, 0.3) is 5.69 Å². The first-order valence-corrected chi connectivity index (χ1v) is 9.43. The van der Waals surface area contributed by atoms with Crippen LogP contribution in [-0.4, -0.2) is 59.0 Å². The van der Waals surface area contributed by atoms with E-state index in [4.69, 9.17) is 0 Å². The van der Waals surface area contributed by atoms with Gasteiger partial charge in [-0.15, -0.1) is 5.10 Å². The highest BCUT2D eigenvalue weighted by Gasteiger charge is 2.16. The number of carbonyl (C=O) groups is 1. The molecule has 7 nitrogen and oxygen atoms in total. The highest BCUT2D eigenvalue weighted by atomic mass is 16.2. The standard InChI is InChI=1S/C21H24N6O/c1-16-12-17(14-19(13-16)26-10-8-25(2)9-11-26)23-21(28)20-15-22-27(24-20)18-6-4-3-5-7-18/h3-7,12-15H,8-11H2,1-2H3,(H,23,28). The molecule has 0 saturated carbocycles. The second kappa shape index (κ2) is 7.82. The van der Waals surface area contributed by atoms with Gasteiger partial charge in [0.15, 0.2) is 5.69 Å². The number of anilines is 2. The van der Waals surface area contributed by atoms with Crippen LogP contribution >= 0.6 is 0 Å². The first-order chi connectivity index (χ1) is 13.6. The lowest BCUT2D eigenvalue weighted by Gasteiger charge is -2.34. The second-order valence-corrected chi connectivity index (χ2v) is 7.16. The van der Waals surface area contributed by atoms with E-state index in [0.717, 1.165) is 48.8 Å². The summed E-state index contributed by atoms with van der Waals surface area (Å²) in [5, 5.41) is 11.5. The van der Waals surface area contributed by atoms with E-state index < -0.39 is 0 Å². The molecule has 1 aliphatic heterocycles. The number of aromatic nitrogens is 3. The van der Waals surface area contributed by atoms with E-state index in [1.807, 2.05) is 49.4 Å². The molecule has 0 atom stereocenters. The van der Waals surface area contributed by atoms with E-state index in [2.05, 4.69) is 38.4 Å². The second-order valence-electron chi connectivity index (χ2n) is 7.16. The van der Waals surface area contributed by atoms with Gasteiger partial charge in [0.1, 0.15) is 0 Å². The number of carbonyl (C=O) groups excluding carboxylic acids is 1. The summed E-state index contributed by atoms with van der Waals surface area (Å²) in [6, 6.07) is 15.7. The number of piperazine rings is 1. The van der Waals surface area contributed by atoms with Gasteiger partial charge in [-0.05, 0) is 49.9 Å². The molecule has 7 heteroatoms. The summed E-state index contributed by atoms with van der Waals surface area (Å²) in [6.45, 7) is 6.09. The van der Waals surface area contributed by atoms with Gasteiger partial charge in [0.05, 0.1) is 11.9 Å². The van der Waals surface area contributed by atoms with E-state index in [1.54, 1.807) is 0 Å². The molecule has 0 bridgehead atoms. The Morgan fingerprint density at radius 1 is 1.00 bits per heavy atom. The SMILES string of the molecule is Cc1cc(NC(=O)c2cnn(-c3ccccc3)n2)cc(N2CCN(C)CC2)c1. The predicted octanol–water partition coefficient (Wildman–Crippen LogP) is 2.58. The molecule has 0 spiro atoms. The number of hydrogen-bond donors (Lipinski definition) is 1. The largest absolute Gasteiger partial charge is 0.369 e. The first kappa shape index (κ1) is 18.2. The van der Waals surface area contributed by atoms with Crippen molar-refractivity contribution in [3.05, 3.63) is 66.0 Å². The molecule has 2 heterocycles. The van der Waals surface area contributed by atoms with E-state index >= 15 is 0 Å². The fraction of sp³-hybridized carbons (Fsp3) is 0.286. The van der Waals surface area contributed by atoms with Gasteiger partial charge >= 0.3 is 0 Å². The lowest BCUT2D eigenvalue weighted by atomic mass is 10.1. The Morgan fingerprint density at radius 2 is 1.75 bits per heavy atom. The van der Waals surface area contributed by atoms with Crippen molar-refractivity contribution in [2.75, 3.05) is 43.4 Å². The van der Waals surface area contributed by atoms with Crippen LogP contribution in [-0.2, 0) is 0 Å². The molecule has 0 radical (unpaired) electrons. The lowest BCUT2D eigenvalue weighted by Crippen LogP contribution is -2.44. The molecule has 2 aromatic carbocycles. The third kappa shape index (κ3) is 4.04. The lowest BCUT2D eigenvalue weighted by molar-refractivity contribution is 0.102. The van der Waals surface area contributed by atoms with Crippen molar-refractivity contribution in [3.8, 4) is 5.69 Å². The van der Waals surface area contributed by atoms with Crippen molar-refractivity contribution in [1.82, 2.24) is 19.9 Å². The van der Waals surface area contributed by atoms with E-state index in [0.29, 0.717) is 0 Å². The van der Waals surface area contributed by atoms with Crippen molar-refractivity contribution in [2.45, 2.75) is 6.92 Å². The minimum Gasteiger partial charge on any atom is -0.369 e. The zero-order valence-electron chi connectivity index (χ0n) is 16.2. The molecule has 4 rings (SSSR count). The number of nitrogens with one attached hydrogen (secondary N) is 1. The van der Waals surface area contributed by atoms with Gasteiger partial charge in [-0.3, -0.25) is 4.79 Å². The number of para-hydroxylation sites is 1. The van der Waals surface area contributed by atoms with Crippen LogP contribution in [0, 0.1) is 6.92 Å². The molecule has 0 unspecified atom stereocenters. The van der Waals surface area contributed by atoms with Crippen LogP contribution in [0.1, 0.15) is 16.1 Å². The summed E-state index contributed by atoms with van der Waals surface area (Å²) in [6.07, 6.45) is 1.49. The highest BCUT2D eigenvalue weighted by Crippen LogP contribution is 2.23. The maximum Gasteiger partial charge on any atom is 0.277 e. The third-order valence-electron chi connectivity index (χ3n) is 4.90. The van der Waals surface area contributed by atoms with Gasteiger partial charge in [0.25, 0.3) is 5.91 Å².